The van der Waals surface area contributed by atoms with Crippen LogP contribution in [-0.2, 0) is 36.9 Å². The number of rotatable bonds is 11. The lowest BCUT2D eigenvalue weighted by atomic mass is 9.98. The maximum atomic E-state index is 15.2. The van der Waals surface area contributed by atoms with Gasteiger partial charge in [-0.1, -0.05) is 54.1 Å². The van der Waals surface area contributed by atoms with Crippen molar-refractivity contribution in [1.29, 1.82) is 0 Å². The van der Waals surface area contributed by atoms with Crippen LogP contribution < -0.4 is 21.9 Å². The van der Waals surface area contributed by atoms with E-state index in [2.05, 4.69) is 10.3 Å². The summed E-state index contributed by atoms with van der Waals surface area (Å²) in [6.07, 6.45) is 0.773. The number of morpholine rings is 1. The molecule has 3 aromatic rings. The van der Waals surface area contributed by atoms with Gasteiger partial charge in [0.25, 0.3) is 11.5 Å². The molecule has 0 aliphatic carbocycles. The van der Waals surface area contributed by atoms with E-state index in [0.717, 1.165) is 16.3 Å². The zero-order chi connectivity index (χ0) is 31.9. The van der Waals surface area contributed by atoms with Crippen LogP contribution in [0.1, 0.15) is 11.1 Å². The molecule has 1 aliphatic rings. The van der Waals surface area contributed by atoms with E-state index >= 15 is 8.78 Å². The number of halogens is 2. The molecule has 4 N–H and O–H groups in total. The fourth-order valence-corrected chi connectivity index (χ4v) is 4.63. The second-order valence-corrected chi connectivity index (χ2v) is 10.2. The van der Waals surface area contributed by atoms with Gasteiger partial charge in [0.2, 0.25) is 17.6 Å². The number of Topliss-reactive ketones (excluding diaryl/α,β-unsaturated/α-hetero) is 1. The van der Waals surface area contributed by atoms with Gasteiger partial charge in [0, 0.05) is 25.1 Å². The minimum atomic E-state index is -4.60. The molecule has 1 fully saturated rings. The summed E-state index contributed by atoms with van der Waals surface area (Å²) in [5, 5.41) is 4.10. The number of ether oxygens (including phenoxy) is 1. The molecule has 1 aromatic heterocycles. The fourth-order valence-electron chi connectivity index (χ4n) is 4.63. The number of amides is 3. The predicted octanol–water partition coefficient (Wildman–Crippen LogP) is 0.708. The van der Waals surface area contributed by atoms with Crippen LogP contribution in [0.25, 0.3) is 11.4 Å². The Morgan fingerprint density at radius 2 is 1.77 bits per heavy atom. The summed E-state index contributed by atoms with van der Waals surface area (Å²) in [5.74, 6) is -9.94. The van der Waals surface area contributed by atoms with Gasteiger partial charge in [-0.05, 0) is 18.6 Å². The predicted molar refractivity (Wildman–Crippen MR) is 156 cm³/mol. The Bertz CT molecular complexity index is 1590. The minimum absolute atomic E-state index is 0.101. The van der Waals surface area contributed by atoms with Crippen molar-refractivity contribution in [1.82, 2.24) is 25.1 Å². The summed E-state index contributed by atoms with van der Waals surface area (Å²) in [6.45, 7) is 1.41. The molecule has 1 unspecified atom stereocenters. The van der Waals surface area contributed by atoms with Crippen molar-refractivity contribution in [3.8, 4) is 11.4 Å². The molecule has 2 aromatic carbocycles. The van der Waals surface area contributed by atoms with Crippen LogP contribution in [0.4, 0.5) is 14.5 Å². The maximum Gasteiger partial charge on any atom is 0.383 e. The first-order valence-electron chi connectivity index (χ1n) is 13.8. The van der Waals surface area contributed by atoms with Crippen LogP contribution in [0.15, 0.2) is 65.6 Å². The summed E-state index contributed by atoms with van der Waals surface area (Å²) in [6, 6.07) is 13.1. The number of ketones is 1. The van der Waals surface area contributed by atoms with Crippen LogP contribution in [-0.4, -0.2) is 82.8 Å². The van der Waals surface area contributed by atoms with E-state index in [1.165, 1.54) is 4.90 Å². The molecule has 14 heteroatoms. The number of hydrogen-bond donors (Lipinski definition) is 3. The summed E-state index contributed by atoms with van der Waals surface area (Å²) >= 11 is 0. The molecule has 232 valence electrons. The number of nitrogens with zero attached hydrogens (tertiary/aromatic N) is 3. The number of alkyl halides is 2. The van der Waals surface area contributed by atoms with Gasteiger partial charge in [-0.3, -0.25) is 28.5 Å². The molecular weight excluding hydrogens is 578 g/mol. The molecular formula is C30H32F2N6O6. The molecule has 0 bridgehead atoms. The van der Waals surface area contributed by atoms with Crippen molar-refractivity contribution < 1.29 is 32.7 Å². The second-order valence-electron chi connectivity index (χ2n) is 10.2. The number of anilines is 1. The number of carbonyl (C=O) groups is 4. The summed E-state index contributed by atoms with van der Waals surface area (Å²) in [5.41, 5.74) is 6.54. The number of nitrogens with one attached hydrogen (secondary N) is 2. The number of carbonyl (C=O) groups excluding carboxylic acids is 4. The maximum absolute atomic E-state index is 15.2. The van der Waals surface area contributed by atoms with Crippen molar-refractivity contribution in [2.24, 2.45) is 0 Å². The molecule has 1 saturated heterocycles. The van der Waals surface area contributed by atoms with Crippen molar-refractivity contribution in [2.45, 2.75) is 31.9 Å². The number of aryl methyl sites for hydroxylation is 1. The van der Waals surface area contributed by atoms with Crippen molar-refractivity contribution in [2.75, 3.05) is 38.6 Å². The Kier molecular flexibility index (Phi) is 10.2. The fraction of sp³-hybridized carbons (Fsp3) is 0.333. The smallest absolute Gasteiger partial charge is 0.383 e. The first kappa shape index (κ1) is 31.9. The molecule has 0 spiro atoms. The van der Waals surface area contributed by atoms with Gasteiger partial charge in [-0.15, -0.1) is 0 Å². The van der Waals surface area contributed by atoms with Gasteiger partial charge in [0.15, 0.2) is 0 Å². The van der Waals surface area contributed by atoms with E-state index in [9.17, 15) is 24.0 Å². The third-order valence-corrected chi connectivity index (χ3v) is 6.94. The summed E-state index contributed by atoms with van der Waals surface area (Å²) in [4.78, 5) is 69.6. The van der Waals surface area contributed by atoms with Gasteiger partial charge in [0.1, 0.15) is 18.1 Å². The molecule has 1 aliphatic heterocycles. The van der Waals surface area contributed by atoms with Gasteiger partial charge >= 0.3 is 5.92 Å². The SMILES string of the molecule is Cc1cccc(-c2ncc(N)c(=O)n2CC(=O)NC(Cc2ccccc2)C(=O)C(F)(F)C(=O)NCC(=O)N2CCOCC2)c1. The highest BCUT2D eigenvalue weighted by Crippen LogP contribution is 2.21. The zero-order valence-corrected chi connectivity index (χ0v) is 23.9. The van der Waals surface area contributed by atoms with E-state index in [1.807, 2.05) is 18.3 Å². The van der Waals surface area contributed by atoms with Crippen molar-refractivity contribution >= 4 is 29.2 Å². The zero-order valence-electron chi connectivity index (χ0n) is 23.9. The van der Waals surface area contributed by atoms with Crippen LogP contribution in [0.5, 0.6) is 0 Å². The topological polar surface area (TPSA) is 166 Å². The molecule has 1 atom stereocenters. The lowest BCUT2D eigenvalue weighted by molar-refractivity contribution is -0.161. The van der Waals surface area contributed by atoms with E-state index in [1.54, 1.807) is 48.5 Å². The first-order chi connectivity index (χ1) is 21.0. The number of benzene rings is 2. The lowest BCUT2D eigenvalue weighted by Gasteiger charge is -2.27. The van der Waals surface area contributed by atoms with Gasteiger partial charge in [-0.25, -0.2) is 4.98 Å². The number of aromatic nitrogens is 2. The van der Waals surface area contributed by atoms with E-state index in [4.69, 9.17) is 10.5 Å². The minimum Gasteiger partial charge on any atom is -0.393 e. The number of hydrogen-bond acceptors (Lipinski definition) is 8. The average Bonchev–Trinajstić information content (AvgIpc) is 3.02. The van der Waals surface area contributed by atoms with Crippen LogP contribution >= 0.6 is 0 Å². The Morgan fingerprint density at radius 3 is 2.45 bits per heavy atom. The number of nitrogen functional groups attached to an aromatic ring is 1. The molecule has 12 nitrogen and oxygen atoms in total. The Labute approximate surface area is 251 Å². The molecule has 4 rings (SSSR count). The van der Waals surface area contributed by atoms with E-state index in [0.29, 0.717) is 11.1 Å². The summed E-state index contributed by atoms with van der Waals surface area (Å²) in [7, 11) is 0. The Balaban J connectivity index is 1.54. The highest BCUT2D eigenvalue weighted by Gasteiger charge is 2.50. The highest BCUT2D eigenvalue weighted by atomic mass is 19.3. The standard InChI is InChI=1S/C30H32F2N6O6/c1-19-6-5-9-21(14-19)27-34-16-22(33)28(42)38(27)18-24(39)36-23(15-20-7-3-2-4-8-20)26(41)30(31,32)29(43)35-17-25(40)37-10-12-44-13-11-37/h2-9,14,16,23H,10-13,15,17-18,33H2,1H3,(H,35,43)(H,36,39). The molecule has 0 saturated carbocycles. The van der Waals surface area contributed by atoms with Crippen molar-refractivity contribution in [3.63, 3.8) is 0 Å². The lowest BCUT2D eigenvalue weighted by Crippen LogP contribution is -2.57. The Morgan fingerprint density at radius 1 is 1.07 bits per heavy atom. The quantitative estimate of drug-likeness (QED) is 0.267. The van der Waals surface area contributed by atoms with Crippen LogP contribution in [0.2, 0.25) is 0 Å². The highest BCUT2D eigenvalue weighted by molar-refractivity contribution is 6.11. The third-order valence-electron chi connectivity index (χ3n) is 6.94. The van der Waals surface area contributed by atoms with E-state index in [-0.39, 0.29) is 44.2 Å². The van der Waals surface area contributed by atoms with Gasteiger partial charge < -0.3 is 26.0 Å². The van der Waals surface area contributed by atoms with E-state index < -0.39 is 54.1 Å². The van der Waals surface area contributed by atoms with Gasteiger partial charge in [0.05, 0.1) is 32.0 Å². The summed E-state index contributed by atoms with van der Waals surface area (Å²) < 4.78 is 36.6. The molecule has 0 radical (unpaired) electrons. The number of nitrogens with two attached hydrogens (primary N) is 1. The molecule has 2 heterocycles. The van der Waals surface area contributed by atoms with Gasteiger partial charge in [-0.2, -0.15) is 8.78 Å². The third kappa shape index (κ3) is 7.69. The Hall–Kier alpha value is -4.98. The molecule has 3 amide bonds. The molecule has 44 heavy (non-hydrogen) atoms. The average molecular weight is 611 g/mol. The largest absolute Gasteiger partial charge is 0.393 e. The van der Waals surface area contributed by atoms with Crippen molar-refractivity contribution in [3.05, 3.63) is 82.3 Å². The normalized spacial score (nSPS) is 14.0. The van der Waals surface area contributed by atoms with Crippen LogP contribution in [0.3, 0.4) is 0 Å². The second kappa shape index (κ2) is 14.0. The first-order valence-corrected chi connectivity index (χ1v) is 13.8. The monoisotopic (exact) mass is 610 g/mol. The van der Waals surface area contributed by atoms with Crippen LogP contribution in [0, 0.1) is 6.92 Å².